The molecule has 1 amide bonds. The lowest BCUT2D eigenvalue weighted by molar-refractivity contribution is 0.0730. The Kier molecular flexibility index (Phi) is 6.50. The number of morpholine rings is 1. The molecule has 0 aromatic heterocycles. The van der Waals surface area contributed by atoms with Gasteiger partial charge in [0.1, 0.15) is 5.75 Å². The zero-order valence-electron chi connectivity index (χ0n) is 18.5. The first-order valence-corrected chi connectivity index (χ1v) is 13.9. The Morgan fingerprint density at radius 3 is 2.33 bits per heavy atom. The fourth-order valence-corrected chi connectivity index (χ4v) is 6.22. The van der Waals surface area contributed by atoms with E-state index in [1.54, 1.807) is 17.0 Å². The van der Waals surface area contributed by atoms with Gasteiger partial charge in [-0.3, -0.25) is 4.79 Å². The average Bonchev–Trinajstić information content (AvgIpc) is 2.82. The van der Waals surface area contributed by atoms with Gasteiger partial charge in [0.05, 0.1) is 35.7 Å². The first kappa shape index (κ1) is 23.7. The summed E-state index contributed by atoms with van der Waals surface area (Å²) in [5, 5.41) is 0. The predicted octanol–water partition coefficient (Wildman–Crippen LogP) is 1.71. The van der Waals surface area contributed by atoms with Crippen LogP contribution in [0.1, 0.15) is 22.3 Å². The van der Waals surface area contributed by atoms with E-state index >= 15 is 0 Å². The minimum Gasteiger partial charge on any atom is -0.496 e. The summed E-state index contributed by atoms with van der Waals surface area (Å²) in [5.74, 6) is -0.139. The number of benzene rings is 2. The number of aryl methyl sites for hydroxylation is 1. The molecule has 0 N–H and O–H groups in total. The van der Waals surface area contributed by atoms with Crippen LogP contribution in [0.4, 0.5) is 5.69 Å². The molecule has 11 heteroatoms. The zero-order chi connectivity index (χ0) is 23.8. The molecular weight excluding hydrogens is 468 g/mol. The molecule has 0 aliphatic carbocycles. The number of anilines is 1. The van der Waals surface area contributed by atoms with Crippen molar-refractivity contribution in [3.63, 3.8) is 0 Å². The molecule has 0 saturated carbocycles. The molecule has 0 unspecified atom stereocenters. The van der Waals surface area contributed by atoms with E-state index < -0.39 is 25.8 Å². The van der Waals surface area contributed by atoms with Crippen LogP contribution in [0.25, 0.3) is 0 Å². The molecule has 2 aromatic rings. The average molecular weight is 495 g/mol. The quantitative estimate of drug-likeness (QED) is 0.622. The minimum absolute atomic E-state index is 0.0122. The molecule has 1 saturated heterocycles. The highest BCUT2D eigenvalue weighted by Crippen LogP contribution is 2.33. The summed E-state index contributed by atoms with van der Waals surface area (Å²) in [5.41, 5.74) is 1.50. The van der Waals surface area contributed by atoms with Gasteiger partial charge in [0.25, 0.3) is 5.91 Å². The zero-order valence-corrected chi connectivity index (χ0v) is 20.1. The van der Waals surface area contributed by atoms with Gasteiger partial charge in [-0.1, -0.05) is 0 Å². The second kappa shape index (κ2) is 9.05. The number of carbonyl (C=O) groups is 1. The molecule has 0 radical (unpaired) electrons. The summed E-state index contributed by atoms with van der Waals surface area (Å²) in [6, 6.07) is 8.98. The van der Waals surface area contributed by atoms with E-state index in [0.717, 1.165) is 11.8 Å². The summed E-state index contributed by atoms with van der Waals surface area (Å²) >= 11 is 0. The van der Waals surface area contributed by atoms with Crippen LogP contribution in [-0.4, -0.2) is 73.3 Å². The third-order valence-corrected chi connectivity index (χ3v) is 8.86. The van der Waals surface area contributed by atoms with E-state index in [-0.39, 0.29) is 34.2 Å². The number of sulfone groups is 1. The van der Waals surface area contributed by atoms with Gasteiger partial charge in [0.2, 0.25) is 10.0 Å². The van der Waals surface area contributed by atoms with Crippen LogP contribution in [0.5, 0.6) is 5.75 Å². The van der Waals surface area contributed by atoms with Gasteiger partial charge >= 0.3 is 0 Å². The van der Waals surface area contributed by atoms with Crippen molar-refractivity contribution in [1.29, 1.82) is 0 Å². The molecule has 2 aliphatic heterocycles. The standard InChI is InChI=1S/C22H26N2O7S2/c1-30-21-8-6-18(33(28,29)23-10-12-31-13-11-23)15-19(21)22(25)24-9-3-4-16-14-17(32(2,26)27)5-7-20(16)24/h5-8,14-15H,3-4,9-13H2,1-2H3. The van der Waals surface area contributed by atoms with Crippen molar-refractivity contribution in [2.75, 3.05) is 51.1 Å². The summed E-state index contributed by atoms with van der Waals surface area (Å²) in [4.78, 5) is 15.3. The van der Waals surface area contributed by atoms with Crippen LogP contribution in [0.15, 0.2) is 46.2 Å². The second-order valence-corrected chi connectivity index (χ2v) is 12.0. The number of sulfonamides is 1. The number of ether oxygens (including phenoxy) is 2. The van der Waals surface area contributed by atoms with Crippen molar-refractivity contribution >= 4 is 31.5 Å². The molecule has 1 fully saturated rings. The van der Waals surface area contributed by atoms with Gasteiger partial charge in [0.15, 0.2) is 9.84 Å². The molecule has 33 heavy (non-hydrogen) atoms. The molecule has 2 aromatic carbocycles. The van der Waals surface area contributed by atoms with Crippen LogP contribution in [0.3, 0.4) is 0 Å². The number of hydrogen-bond acceptors (Lipinski definition) is 7. The molecule has 9 nitrogen and oxygen atoms in total. The van der Waals surface area contributed by atoms with Crippen molar-refractivity contribution in [2.45, 2.75) is 22.6 Å². The van der Waals surface area contributed by atoms with Gasteiger partial charge in [-0.2, -0.15) is 4.31 Å². The van der Waals surface area contributed by atoms with Crippen LogP contribution in [0.2, 0.25) is 0 Å². The van der Waals surface area contributed by atoms with Crippen LogP contribution in [0, 0.1) is 0 Å². The summed E-state index contributed by atoms with van der Waals surface area (Å²) < 4.78 is 62.1. The lowest BCUT2D eigenvalue weighted by Crippen LogP contribution is -2.40. The van der Waals surface area contributed by atoms with E-state index in [1.807, 2.05) is 0 Å². The maximum absolute atomic E-state index is 13.6. The van der Waals surface area contributed by atoms with E-state index in [9.17, 15) is 21.6 Å². The van der Waals surface area contributed by atoms with E-state index in [0.29, 0.717) is 38.3 Å². The largest absolute Gasteiger partial charge is 0.496 e. The maximum Gasteiger partial charge on any atom is 0.262 e. The van der Waals surface area contributed by atoms with Gasteiger partial charge in [-0.25, -0.2) is 16.8 Å². The summed E-state index contributed by atoms with van der Waals surface area (Å²) in [6.07, 6.45) is 2.44. The van der Waals surface area contributed by atoms with E-state index in [4.69, 9.17) is 9.47 Å². The third kappa shape index (κ3) is 4.63. The highest BCUT2D eigenvalue weighted by atomic mass is 32.2. The molecule has 0 spiro atoms. The monoisotopic (exact) mass is 494 g/mol. The van der Waals surface area contributed by atoms with Crippen molar-refractivity contribution in [3.8, 4) is 5.75 Å². The van der Waals surface area contributed by atoms with E-state index in [2.05, 4.69) is 0 Å². The van der Waals surface area contributed by atoms with Gasteiger partial charge in [0, 0.05) is 31.6 Å². The van der Waals surface area contributed by atoms with Crippen molar-refractivity contribution < 1.29 is 31.1 Å². The predicted molar refractivity (Wildman–Crippen MR) is 122 cm³/mol. The number of fused-ring (bicyclic) bond motifs is 1. The maximum atomic E-state index is 13.6. The van der Waals surface area contributed by atoms with Crippen LogP contribution < -0.4 is 9.64 Å². The molecule has 178 valence electrons. The Bertz CT molecular complexity index is 1280. The first-order valence-electron chi connectivity index (χ1n) is 10.5. The lowest BCUT2D eigenvalue weighted by Gasteiger charge is -2.30. The minimum atomic E-state index is -3.80. The Balaban J connectivity index is 1.72. The fraction of sp³-hybridized carbons (Fsp3) is 0.409. The number of hydrogen-bond donors (Lipinski definition) is 0. The summed E-state index contributed by atoms with van der Waals surface area (Å²) in [7, 11) is -5.75. The van der Waals surface area contributed by atoms with Crippen molar-refractivity contribution in [1.82, 2.24) is 4.31 Å². The second-order valence-electron chi connectivity index (χ2n) is 8.00. The first-order chi connectivity index (χ1) is 15.6. The number of nitrogens with zero attached hydrogens (tertiary/aromatic N) is 2. The Hall–Kier alpha value is -2.47. The third-order valence-electron chi connectivity index (χ3n) is 5.85. The van der Waals surface area contributed by atoms with Gasteiger partial charge < -0.3 is 14.4 Å². The Morgan fingerprint density at radius 1 is 0.970 bits per heavy atom. The SMILES string of the molecule is COc1ccc(S(=O)(=O)N2CCOCC2)cc1C(=O)N1CCCc2cc(S(C)(=O)=O)ccc21. The molecule has 0 atom stereocenters. The summed E-state index contributed by atoms with van der Waals surface area (Å²) in [6.45, 7) is 1.57. The molecule has 0 bridgehead atoms. The number of amides is 1. The number of carbonyl (C=O) groups excluding carboxylic acids is 1. The fourth-order valence-electron chi connectivity index (χ4n) is 4.11. The molecular formula is C22H26N2O7S2. The lowest BCUT2D eigenvalue weighted by atomic mass is 10.0. The topological polar surface area (TPSA) is 110 Å². The van der Waals surface area contributed by atoms with E-state index in [1.165, 1.54) is 35.7 Å². The Labute approximate surface area is 193 Å². The van der Waals surface area contributed by atoms with Crippen LogP contribution >= 0.6 is 0 Å². The van der Waals surface area contributed by atoms with Crippen LogP contribution in [-0.2, 0) is 31.0 Å². The van der Waals surface area contributed by atoms with Crippen molar-refractivity contribution in [3.05, 3.63) is 47.5 Å². The number of methoxy groups -OCH3 is 1. The Morgan fingerprint density at radius 2 is 1.67 bits per heavy atom. The highest BCUT2D eigenvalue weighted by Gasteiger charge is 2.31. The highest BCUT2D eigenvalue weighted by molar-refractivity contribution is 7.90. The number of rotatable bonds is 5. The van der Waals surface area contributed by atoms with Gasteiger partial charge in [-0.15, -0.1) is 0 Å². The molecule has 4 rings (SSSR count). The van der Waals surface area contributed by atoms with Crippen molar-refractivity contribution in [2.24, 2.45) is 0 Å². The normalized spacial score (nSPS) is 17.5. The smallest absolute Gasteiger partial charge is 0.262 e. The molecule has 2 aliphatic rings. The molecule has 2 heterocycles. The van der Waals surface area contributed by atoms with Gasteiger partial charge in [-0.05, 0) is 54.8 Å².